The van der Waals surface area contributed by atoms with Crippen LogP contribution in [0, 0.1) is 5.92 Å². The molecule has 1 aromatic rings. The molecule has 0 saturated heterocycles. The highest BCUT2D eigenvalue weighted by Crippen LogP contribution is 2.02. The van der Waals surface area contributed by atoms with Crippen molar-refractivity contribution in [1.82, 2.24) is 25.5 Å². The van der Waals surface area contributed by atoms with Crippen molar-refractivity contribution in [3.8, 4) is 0 Å². The van der Waals surface area contributed by atoms with E-state index < -0.39 is 6.10 Å². The Hall–Kier alpha value is -1.50. The molecule has 2 N–H and O–H groups in total. The fraction of sp³-hybridized carbons (Fsp3) is 0.778. The van der Waals surface area contributed by atoms with Crippen LogP contribution in [-0.4, -0.2) is 43.9 Å². The summed E-state index contributed by atoms with van der Waals surface area (Å²) in [5.74, 6) is 0.196. The Morgan fingerprint density at radius 3 is 2.88 bits per heavy atom. The maximum Gasteiger partial charge on any atom is 0.241 e. The van der Waals surface area contributed by atoms with Crippen LogP contribution in [0.2, 0.25) is 0 Å². The highest BCUT2D eigenvalue weighted by Gasteiger charge is 2.09. The topological polar surface area (TPSA) is 92.9 Å². The van der Waals surface area contributed by atoms with Gasteiger partial charge in [0.1, 0.15) is 12.9 Å². The lowest BCUT2D eigenvalue weighted by molar-refractivity contribution is -0.122. The largest absolute Gasteiger partial charge is 0.391 e. The van der Waals surface area contributed by atoms with Crippen LogP contribution >= 0.6 is 0 Å². The molecule has 1 unspecified atom stereocenters. The van der Waals surface area contributed by atoms with Crippen molar-refractivity contribution in [2.24, 2.45) is 5.92 Å². The fourth-order valence-electron chi connectivity index (χ4n) is 1.31. The Morgan fingerprint density at radius 2 is 2.31 bits per heavy atom. The quantitative estimate of drug-likeness (QED) is 0.663. The van der Waals surface area contributed by atoms with E-state index in [1.807, 2.05) is 13.8 Å². The molecule has 7 heteroatoms. The van der Waals surface area contributed by atoms with Gasteiger partial charge in [0, 0.05) is 6.54 Å². The van der Waals surface area contributed by atoms with Crippen LogP contribution in [0.5, 0.6) is 0 Å². The average molecular weight is 227 g/mol. The summed E-state index contributed by atoms with van der Waals surface area (Å²) in [6, 6.07) is 0. The fourth-order valence-corrected chi connectivity index (χ4v) is 1.31. The van der Waals surface area contributed by atoms with E-state index in [0.29, 0.717) is 12.3 Å². The third-order valence-corrected chi connectivity index (χ3v) is 1.98. The number of tetrazole rings is 1. The molecule has 1 rings (SSSR count). The van der Waals surface area contributed by atoms with Gasteiger partial charge < -0.3 is 10.4 Å². The smallest absolute Gasteiger partial charge is 0.241 e. The molecule has 0 fully saturated rings. The maximum atomic E-state index is 11.4. The molecule has 0 radical (unpaired) electrons. The van der Waals surface area contributed by atoms with Crippen LogP contribution in [0.1, 0.15) is 20.3 Å². The average Bonchev–Trinajstić information content (AvgIpc) is 2.66. The van der Waals surface area contributed by atoms with Crippen LogP contribution in [0.25, 0.3) is 0 Å². The zero-order chi connectivity index (χ0) is 12.0. The van der Waals surface area contributed by atoms with Crippen LogP contribution in [0.15, 0.2) is 6.33 Å². The Kier molecular flexibility index (Phi) is 4.84. The first-order chi connectivity index (χ1) is 7.58. The van der Waals surface area contributed by atoms with Crippen LogP contribution < -0.4 is 5.32 Å². The molecule has 0 aromatic carbocycles. The minimum atomic E-state index is -0.502. The van der Waals surface area contributed by atoms with E-state index in [9.17, 15) is 9.90 Å². The second-order valence-electron chi connectivity index (χ2n) is 4.09. The van der Waals surface area contributed by atoms with E-state index in [0.717, 1.165) is 0 Å². The number of aliphatic hydroxyl groups excluding tert-OH is 1. The molecule has 0 aliphatic heterocycles. The second kappa shape index (κ2) is 6.16. The summed E-state index contributed by atoms with van der Waals surface area (Å²) in [5, 5.41) is 22.5. The van der Waals surface area contributed by atoms with E-state index in [1.54, 1.807) is 0 Å². The summed E-state index contributed by atoms with van der Waals surface area (Å²) in [6.07, 6.45) is 1.53. The van der Waals surface area contributed by atoms with Crippen LogP contribution in [-0.2, 0) is 11.3 Å². The highest BCUT2D eigenvalue weighted by atomic mass is 16.3. The van der Waals surface area contributed by atoms with E-state index in [1.165, 1.54) is 11.0 Å². The van der Waals surface area contributed by atoms with Crippen molar-refractivity contribution in [2.75, 3.05) is 6.54 Å². The first kappa shape index (κ1) is 12.6. The number of nitrogens with one attached hydrogen (secondary N) is 1. The van der Waals surface area contributed by atoms with Gasteiger partial charge in [0.25, 0.3) is 0 Å². The van der Waals surface area contributed by atoms with Gasteiger partial charge in [-0.1, -0.05) is 13.8 Å². The molecule has 16 heavy (non-hydrogen) atoms. The lowest BCUT2D eigenvalue weighted by atomic mass is 10.1. The van der Waals surface area contributed by atoms with Crippen molar-refractivity contribution >= 4 is 5.91 Å². The molecule has 0 spiro atoms. The van der Waals surface area contributed by atoms with Crippen molar-refractivity contribution in [2.45, 2.75) is 32.9 Å². The lowest BCUT2D eigenvalue weighted by Gasteiger charge is -2.13. The molecule has 1 heterocycles. The molecular formula is C9H17N5O2. The third kappa shape index (κ3) is 4.83. The van der Waals surface area contributed by atoms with E-state index in [2.05, 4.69) is 20.8 Å². The Morgan fingerprint density at radius 1 is 1.56 bits per heavy atom. The number of carbonyl (C=O) groups is 1. The highest BCUT2D eigenvalue weighted by molar-refractivity contribution is 5.75. The number of aromatic nitrogens is 4. The molecule has 0 saturated carbocycles. The number of amides is 1. The number of hydrogen-bond acceptors (Lipinski definition) is 5. The Bertz CT molecular complexity index is 312. The summed E-state index contributed by atoms with van der Waals surface area (Å²) in [7, 11) is 0. The molecule has 0 aliphatic rings. The van der Waals surface area contributed by atoms with Gasteiger partial charge in [-0.3, -0.25) is 4.79 Å². The van der Waals surface area contributed by atoms with E-state index in [-0.39, 0.29) is 19.0 Å². The number of rotatable bonds is 6. The first-order valence-electron chi connectivity index (χ1n) is 5.23. The maximum absolute atomic E-state index is 11.4. The van der Waals surface area contributed by atoms with E-state index in [4.69, 9.17) is 0 Å². The molecule has 1 amide bonds. The molecule has 1 atom stereocenters. The van der Waals surface area contributed by atoms with Gasteiger partial charge in [-0.05, 0) is 22.8 Å². The normalized spacial score (nSPS) is 12.8. The second-order valence-corrected chi connectivity index (χ2v) is 4.09. The van der Waals surface area contributed by atoms with Crippen molar-refractivity contribution in [3.63, 3.8) is 0 Å². The first-order valence-corrected chi connectivity index (χ1v) is 5.23. The zero-order valence-corrected chi connectivity index (χ0v) is 9.50. The molecular weight excluding hydrogens is 210 g/mol. The predicted octanol–water partition coefficient (Wildman–Crippen LogP) is -0.804. The molecule has 1 aromatic heterocycles. The molecule has 0 bridgehead atoms. The van der Waals surface area contributed by atoms with Gasteiger partial charge in [0.05, 0.1) is 6.10 Å². The van der Waals surface area contributed by atoms with Gasteiger partial charge >= 0.3 is 0 Å². The molecule has 0 aliphatic carbocycles. The monoisotopic (exact) mass is 227 g/mol. The summed E-state index contributed by atoms with van der Waals surface area (Å²) in [4.78, 5) is 11.4. The van der Waals surface area contributed by atoms with Gasteiger partial charge in [-0.25, -0.2) is 4.68 Å². The van der Waals surface area contributed by atoms with Gasteiger partial charge in [0.15, 0.2) is 0 Å². The zero-order valence-electron chi connectivity index (χ0n) is 9.50. The van der Waals surface area contributed by atoms with Crippen LogP contribution in [0.3, 0.4) is 0 Å². The number of carbonyl (C=O) groups excluding carboxylic acids is 1. The summed E-state index contributed by atoms with van der Waals surface area (Å²) < 4.78 is 1.32. The van der Waals surface area contributed by atoms with Crippen molar-refractivity contribution in [1.29, 1.82) is 0 Å². The van der Waals surface area contributed by atoms with Crippen molar-refractivity contribution < 1.29 is 9.90 Å². The predicted molar refractivity (Wildman–Crippen MR) is 56.3 cm³/mol. The summed E-state index contributed by atoms with van der Waals surface area (Å²) in [6.45, 7) is 4.37. The SMILES string of the molecule is CC(C)CC(O)CNC(=O)Cn1cnnn1. The number of nitrogens with zero attached hydrogens (tertiary/aromatic N) is 4. The third-order valence-electron chi connectivity index (χ3n) is 1.98. The van der Waals surface area contributed by atoms with Gasteiger partial charge in [-0.15, -0.1) is 5.10 Å². The minimum absolute atomic E-state index is 0.0708. The lowest BCUT2D eigenvalue weighted by Crippen LogP contribution is -2.35. The number of hydrogen-bond donors (Lipinski definition) is 2. The molecule has 90 valence electrons. The number of aliphatic hydroxyl groups is 1. The van der Waals surface area contributed by atoms with Crippen LogP contribution in [0.4, 0.5) is 0 Å². The van der Waals surface area contributed by atoms with Gasteiger partial charge in [-0.2, -0.15) is 0 Å². The Balaban J connectivity index is 2.20. The van der Waals surface area contributed by atoms with E-state index >= 15 is 0 Å². The summed E-state index contributed by atoms with van der Waals surface area (Å²) in [5.41, 5.74) is 0. The standard InChI is InChI=1S/C9H17N5O2/c1-7(2)3-8(15)4-10-9(16)5-14-6-11-12-13-14/h6-8,15H,3-5H2,1-2H3,(H,10,16). The van der Waals surface area contributed by atoms with Gasteiger partial charge in [0.2, 0.25) is 5.91 Å². The summed E-state index contributed by atoms with van der Waals surface area (Å²) >= 11 is 0. The van der Waals surface area contributed by atoms with Crippen molar-refractivity contribution in [3.05, 3.63) is 6.33 Å². The molecule has 7 nitrogen and oxygen atoms in total. The minimum Gasteiger partial charge on any atom is -0.391 e. The Labute approximate surface area is 93.8 Å².